The average molecular weight is 486 g/mol. The molecule has 0 aromatic heterocycles. The zero-order chi connectivity index (χ0) is 24.7. The number of amides is 4. The lowest BCUT2D eigenvalue weighted by Crippen LogP contribution is -2.60. The molecule has 2 atom stereocenters. The van der Waals surface area contributed by atoms with Gasteiger partial charge in [0.15, 0.2) is 0 Å². The molecule has 4 amide bonds. The van der Waals surface area contributed by atoms with E-state index in [2.05, 4.69) is 15.4 Å². The molecule has 1 aromatic rings. The maximum absolute atomic E-state index is 14.3. The average Bonchev–Trinajstić information content (AvgIpc) is 3.49. The molecular formula is C22H26F4N4O4. The molecule has 2 heterocycles. The topological polar surface area (TPSA) is 91.0 Å². The van der Waals surface area contributed by atoms with Gasteiger partial charge in [0.1, 0.15) is 11.6 Å². The van der Waals surface area contributed by atoms with Crippen molar-refractivity contribution in [1.29, 1.82) is 0 Å². The number of carbonyl (C=O) groups excluding carboxylic acids is 3. The fraction of sp³-hybridized carbons (Fsp3) is 0.591. The monoisotopic (exact) mass is 486 g/mol. The van der Waals surface area contributed by atoms with Gasteiger partial charge in [0.25, 0.3) is 0 Å². The zero-order valence-electron chi connectivity index (χ0n) is 18.6. The summed E-state index contributed by atoms with van der Waals surface area (Å²) in [6, 6.07) is 1.95. The number of carbonyl (C=O) groups is 3. The maximum Gasteiger partial charge on any atom is 0.573 e. The summed E-state index contributed by atoms with van der Waals surface area (Å²) in [5, 5.41) is 5.48. The Balaban J connectivity index is 1.45. The number of nitrogens with zero attached hydrogens (tertiary/aromatic N) is 2. The Kier molecular flexibility index (Phi) is 6.34. The smallest absolute Gasteiger partial charge is 0.406 e. The second-order valence-corrected chi connectivity index (χ2v) is 9.31. The quantitative estimate of drug-likeness (QED) is 0.626. The van der Waals surface area contributed by atoms with Crippen molar-refractivity contribution in [2.45, 2.75) is 57.6 Å². The summed E-state index contributed by atoms with van der Waals surface area (Å²) in [6.45, 7) is 2.44. The van der Waals surface area contributed by atoms with Crippen LogP contribution < -0.4 is 15.4 Å². The van der Waals surface area contributed by atoms with Gasteiger partial charge in [0.05, 0.1) is 6.04 Å². The first-order valence-electron chi connectivity index (χ1n) is 11.1. The lowest BCUT2D eigenvalue weighted by molar-refractivity contribution is -0.274. The van der Waals surface area contributed by atoms with Gasteiger partial charge in [-0.2, -0.15) is 0 Å². The predicted molar refractivity (Wildman–Crippen MR) is 111 cm³/mol. The molecular weight excluding hydrogens is 460 g/mol. The van der Waals surface area contributed by atoms with E-state index in [0.29, 0.717) is 32.1 Å². The van der Waals surface area contributed by atoms with Gasteiger partial charge in [-0.1, -0.05) is 6.07 Å². The molecule has 34 heavy (non-hydrogen) atoms. The molecule has 1 aromatic carbocycles. The number of urea groups is 1. The molecule has 3 aliphatic rings. The first kappa shape index (κ1) is 24.1. The summed E-state index contributed by atoms with van der Waals surface area (Å²) in [7, 11) is 0. The minimum atomic E-state index is -4.93. The third-order valence-corrected chi connectivity index (χ3v) is 6.52. The van der Waals surface area contributed by atoms with Crippen molar-refractivity contribution in [3.05, 3.63) is 29.6 Å². The standard InChI is InChI=1S/C22H26F4N4O4/c1-13(31)29-10-16(7-21(12-29)8-19(32)28-11-21)30(15-3-4-15)20(33)27-9-14-2-5-17(6-18(14)23)34-22(24,25)26/h2,5-6,15-16H,3-4,7-12H2,1H3,(H,27,33)(H,28,32). The SMILES string of the molecule is CC(=O)N1CC(N(C(=O)NCc2ccc(OC(F)(F)F)cc2F)C2CC2)CC2(CNC(=O)C2)C1. The number of hydrogen-bond donors (Lipinski definition) is 2. The van der Waals surface area contributed by atoms with Gasteiger partial charge in [-0.05, 0) is 25.3 Å². The van der Waals surface area contributed by atoms with Crippen molar-refractivity contribution in [3.63, 3.8) is 0 Å². The molecule has 2 saturated heterocycles. The summed E-state index contributed by atoms with van der Waals surface area (Å²) in [6.07, 6.45) is -2.50. The number of halogens is 4. The number of benzene rings is 1. The minimum Gasteiger partial charge on any atom is -0.406 e. The third-order valence-electron chi connectivity index (χ3n) is 6.52. The second-order valence-electron chi connectivity index (χ2n) is 9.31. The Morgan fingerprint density at radius 2 is 2.03 bits per heavy atom. The fourth-order valence-electron chi connectivity index (χ4n) is 4.90. The normalized spacial score (nSPS) is 24.7. The van der Waals surface area contributed by atoms with Gasteiger partial charge in [-0.15, -0.1) is 13.2 Å². The summed E-state index contributed by atoms with van der Waals surface area (Å²) < 4.78 is 55.0. The first-order valence-corrected chi connectivity index (χ1v) is 11.1. The van der Waals surface area contributed by atoms with Crippen molar-refractivity contribution < 1.29 is 36.7 Å². The van der Waals surface area contributed by atoms with E-state index in [1.165, 1.54) is 6.92 Å². The van der Waals surface area contributed by atoms with Crippen LogP contribution in [0.1, 0.15) is 38.2 Å². The number of piperidine rings is 1. The van der Waals surface area contributed by atoms with E-state index in [0.717, 1.165) is 25.0 Å². The summed E-state index contributed by atoms with van der Waals surface area (Å²) in [5.41, 5.74) is -0.436. The number of alkyl halides is 3. The molecule has 8 nitrogen and oxygen atoms in total. The van der Waals surface area contributed by atoms with Crippen LogP contribution in [0, 0.1) is 11.2 Å². The maximum atomic E-state index is 14.3. The molecule has 1 spiro atoms. The molecule has 3 fully saturated rings. The molecule has 186 valence electrons. The van der Waals surface area contributed by atoms with Crippen LogP contribution in [0.3, 0.4) is 0 Å². The molecule has 1 saturated carbocycles. The van der Waals surface area contributed by atoms with Gasteiger partial charge in [0.2, 0.25) is 11.8 Å². The Labute approximate surface area is 193 Å². The van der Waals surface area contributed by atoms with Crippen molar-refractivity contribution in [3.8, 4) is 5.75 Å². The number of hydrogen-bond acceptors (Lipinski definition) is 4. The molecule has 2 unspecified atom stereocenters. The third kappa shape index (κ3) is 5.53. The van der Waals surface area contributed by atoms with Gasteiger partial charge in [-0.3, -0.25) is 9.59 Å². The van der Waals surface area contributed by atoms with Crippen LogP contribution in [0.4, 0.5) is 22.4 Å². The Hall–Kier alpha value is -3.05. The highest BCUT2D eigenvalue weighted by Crippen LogP contribution is 2.40. The van der Waals surface area contributed by atoms with Crippen molar-refractivity contribution in [2.75, 3.05) is 19.6 Å². The number of rotatable bonds is 5. The fourth-order valence-corrected chi connectivity index (χ4v) is 4.90. The van der Waals surface area contributed by atoms with Crippen LogP contribution in [0.25, 0.3) is 0 Å². The van der Waals surface area contributed by atoms with E-state index in [9.17, 15) is 31.9 Å². The van der Waals surface area contributed by atoms with Crippen molar-refractivity contribution in [2.24, 2.45) is 5.41 Å². The van der Waals surface area contributed by atoms with Crippen LogP contribution in [0.5, 0.6) is 5.75 Å². The van der Waals surface area contributed by atoms with Crippen LogP contribution in [-0.4, -0.2) is 65.7 Å². The predicted octanol–water partition coefficient (Wildman–Crippen LogP) is 2.53. The number of nitrogens with one attached hydrogen (secondary N) is 2. The Morgan fingerprint density at radius 1 is 1.29 bits per heavy atom. The highest BCUT2D eigenvalue weighted by Gasteiger charge is 2.49. The lowest BCUT2D eigenvalue weighted by Gasteiger charge is -2.47. The van der Waals surface area contributed by atoms with Gasteiger partial charge < -0.3 is 25.2 Å². The van der Waals surface area contributed by atoms with Crippen LogP contribution in [-0.2, 0) is 16.1 Å². The molecule has 0 radical (unpaired) electrons. The highest BCUT2D eigenvalue weighted by atomic mass is 19.4. The number of likely N-dealkylation sites (tertiary alicyclic amines) is 1. The van der Waals surface area contributed by atoms with E-state index in [4.69, 9.17) is 0 Å². The minimum absolute atomic E-state index is 0.00897. The highest BCUT2D eigenvalue weighted by molar-refractivity contribution is 5.80. The molecule has 12 heteroatoms. The zero-order valence-corrected chi connectivity index (χ0v) is 18.6. The molecule has 4 rings (SSSR count). The lowest BCUT2D eigenvalue weighted by atomic mass is 9.76. The van der Waals surface area contributed by atoms with E-state index >= 15 is 0 Å². The summed E-state index contributed by atoms with van der Waals surface area (Å²) in [5.74, 6) is -1.84. The summed E-state index contributed by atoms with van der Waals surface area (Å²) >= 11 is 0. The Morgan fingerprint density at radius 3 is 2.59 bits per heavy atom. The van der Waals surface area contributed by atoms with Crippen molar-refractivity contribution >= 4 is 17.8 Å². The number of ether oxygens (including phenoxy) is 1. The first-order chi connectivity index (χ1) is 15.9. The van der Waals surface area contributed by atoms with Crippen LogP contribution in [0.2, 0.25) is 0 Å². The molecule has 2 N–H and O–H groups in total. The van der Waals surface area contributed by atoms with Crippen molar-refractivity contribution in [1.82, 2.24) is 20.4 Å². The second kappa shape index (κ2) is 8.95. The molecule has 1 aliphatic carbocycles. The largest absolute Gasteiger partial charge is 0.573 e. The van der Waals surface area contributed by atoms with E-state index in [-0.39, 0.29) is 42.4 Å². The van der Waals surface area contributed by atoms with E-state index in [1.807, 2.05) is 0 Å². The molecule has 0 bridgehead atoms. The van der Waals surface area contributed by atoms with Gasteiger partial charge in [0, 0.05) is 62.6 Å². The van der Waals surface area contributed by atoms with Crippen LogP contribution in [0.15, 0.2) is 18.2 Å². The van der Waals surface area contributed by atoms with Crippen LogP contribution >= 0.6 is 0 Å². The van der Waals surface area contributed by atoms with E-state index in [1.54, 1.807) is 9.80 Å². The molecule has 2 aliphatic heterocycles. The Bertz CT molecular complexity index is 984. The summed E-state index contributed by atoms with van der Waals surface area (Å²) in [4.78, 5) is 40.6. The van der Waals surface area contributed by atoms with Gasteiger partial charge >= 0.3 is 12.4 Å². The van der Waals surface area contributed by atoms with E-state index < -0.39 is 29.4 Å². The van der Waals surface area contributed by atoms with Gasteiger partial charge in [-0.25, -0.2) is 9.18 Å².